The number of benzene rings is 1. The van der Waals surface area contributed by atoms with Crippen molar-refractivity contribution >= 4 is 11.8 Å². The van der Waals surface area contributed by atoms with Gasteiger partial charge in [0.05, 0.1) is 12.0 Å². The van der Waals surface area contributed by atoms with E-state index in [0.29, 0.717) is 0 Å². The third kappa shape index (κ3) is 2.04. The molecule has 0 bridgehead atoms. The van der Waals surface area contributed by atoms with Gasteiger partial charge in [-0.05, 0) is 43.5 Å². The van der Waals surface area contributed by atoms with E-state index in [1.165, 1.54) is 10.5 Å². The fraction of sp³-hybridized carbons (Fsp3) is 0.455. The minimum absolute atomic E-state index is 0.0149. The maximum absolute atomic E-state index is 6.03. The number of thioether (sulfide) groups is 1. The molecular weight excluding hydrogens is 194 g/mol. The van der Waals surface area contributed by atoms with Crippen molar-refractivity contribution in [2.75, 3.05) is 7.11 Å². The molecule has 0 aliphatic heterocycles. The van der Waals surface area contributed by atoms with Gasteiger partial charge >= 0.3 is 0 Å². The predicted molar refractivity (Wildman–Crippen MR) is 59.7 cm³/mol. The van der Waals surface area contributed by atoms with E-state index in [0.717, 1.165) is 18.6 Å². The van der Waals surface area contributed by atoms with E-state index in [-0.39, 0.29) is 4.87 Å². The quantitative estimate of drug-likeness (QED) is 0.777. The van der Waals surface area contributed by atoms with E-state index >= 15 is 0 Å². The van der Waals surface area contributed by atoms with Gasteiger partial charge in [-0.25, -0.2) is 0 Å². The monoisotopic (exact) mass is 209 g/mol. The highest BCUT2D eigenvalue weighted by molar-refractivity contribution is 8.01. The van der Waals surface area contributed by atoms with E-state index in [1.807, 2.05) is 6.07 Å². The molecule has 1 aliphatic carbocycles. The van der Waals surface area contributed by atoms with Gasteiger partial charge in [0.15, 0.2) is 0 Å². The number of methoxy groups -OCH3 is 1. The van der Waals surface area contributed by atoms with Crippen LogP contribution in [-0.2, 0) is 0 Å². The lowest BCUT2D eigenvalue weighted by atomic mass is 10.2. The van der Waals surface area contributed by atoms with E-state index in [4.69, 9.17) is 10.5 Å². The van der Waals surface area contributed by atoms with Crippen molar-refractivity contribution in [1.82, 2.24) is 0 Å². The summed E-state index contributed by atoms with van der Waals surface area (Å²) in [5.41, 5.74) is 7.20. The lowest BCUT2D eigenvalue weighted by Gasteiger charge is -2.10. The minimum atomic E-state index is 0.0149. The normalized spacial score (nSPS) is 17.9. The standard InChI is InChI=1S/C11H15NOS/c1-8-7-9(3-4-10(8)13-2)14-11(12)5-6-11/h3-4,7H,5-6,12H2,1-2H3. The lowest BCUT2D eigenvalue weighted by Crippen LogP contribution is -2.15. The zero-order valence-electron chi connectivity index (χ0n) is 8.54. The number of aryl methyl sites for hydroxylation is 1. The summed E-state index contributed by atoms with van der Waals surface area (Å²) in [6.07, 6.45) is 2.26. The smallest absolute Gasteiger partial charge is 0.121 e. The van der Waals surface area contributed by atoms with Crippen LogP contribution in [0, 0.1) is 6.92 Å². The molecular formula is C11H15NOS. The molecule has 0 radical (unpaired) electrons. The van der Waals surface area contributed by atoms with Crippen LogP contribution in [0.2, 0.25) is 0 Å². The molecule has 0 heterocycles. The Morgan fingerprint density at radius 3 is 2.64 bits per heavy atom. The van der Waals surface area contributed by atoms with Gasteiger partial charge in [-0.3, -0.25) is 0 Å². The van der Waals surface area contributed by atoms with Crippen molar-refractivity contribution < 1.29 is 4.74 Å². The first-order valence-corrected chi connectivity index (χ1v) is 5.57. The Kier molecular flexibility index (Phi) is 2.45. The first-order chi connectivity index (χ1) is 6.63. The molecule has 14 heavy (non-hydrogen) atoms. The van der Waals surface area contributed by atoms with Crippen molar-refractivity contribution in [3.63, 3.8) is 0 Å². The van der Waals surface area contributed by atoms with Gasteiger partial charge < -0.3 is 10.5 Å². The third-order valence-corrected chi connectivity index (χ3v) is 3.73. The van der Waals surface area contributed by atoms with E-state index in [1.54, 1.807) is 18.9 Å². The SMILES string of the molecule is COc1ccc(SC2(N)CC2)cc1C. The molecule has 0 atom stereocenters. The van der Waals surface area contributed by atoms with E-state index in [2.05, 4.69) is 19.1 Å². The van der Waals surface area contributed by atoms with Gasteiger partial charge in [-0.1, -0.05) is 0 Å². The molecule has 0 unspecified atom stereocenters. The van der Waals surface area contributed by atoms with Crippen LogP contribution < -0.4 is 10.5 Å². The summed E-state index contributed by atoms with van der Waals surface area (Å²) in [5.74, 6) is 0.941. The van der Waals surface area contributed by atoms with Gasteiger partial charge in [0.1, 0.15) is 5.75 Å². The first kappa shape index (κ1) is 9.87. The fourth-order valence-electron chi connectivity index (χ4n) is 1.37. The third-order valence-electron chi connectivity index (χ3n) is 2.43. The topological polar surface area (TPSA) is 35.2 Å². The Labute approximate surface area is 88.8 Å². The molecule has 76 valence electrons. The maximum Gasteiger partial charge on any atom is 0.121 e. The van der Waals surface area contributed by atoms with Crippen LogP contribution in [-0.4, -0.2) is 12.0 Å². The number of hydrogen-bond acceptors (Lipinski definition) is 3. The largest absolute Gasteiger partial charge is 0.496 e. The van der Waals surface area contributed by atoms with Gasteiger partial charge in [0.25, 0.3) is 0 Å². The second kappa shape index (κ2) is 3.48. The molecule has 0 amide bonds. The Morgan fingerprint density at radius 2 is 2.14 bits per heavy atom. The number of rotatable bonds is 3. The van der Waals surface area contributed by atoms with Crippen LogP contribution in [0.1, 0.15) is 18.4 Å². The zero-order valence-corrected chi connectivity index (χ0v) is 9.36. The second-order valence-electron chi connectivity index (χ2n) is 3.80. The lowest BCUT2D eigenvalue weighted by molar-refractivity contribution is 0.411. The molecule has 0 aromatic heterocycles. The molecule has 1 saturated carbocycles. The van der Waals surface area contributed by atoms with Crippen LogP contribution in [0.3, 0.4) is 0 Å². The fourth-order valence-corrected chi connectivity index (χ4v) is 2.52. The highest BCUT2D eigenvalue weighted by atomic mass is 32.2. The molecule has 0 spiro atoms. The summed E-state index contributed by atoms with van der Waals surface area (Å²) >= 11 is 1.77. The van der Waals surface area contributed by atoms with Gasteiger partial charge in [0.2, 0.25) is 0 Å². The summed E-state index contributed by atoms with van der Waals surface area (Å²) in [4.78, 5) is 1.25. The molecule has 2 nitrogen and oxygen atoms in total. The summed E-state index contributed by atoms with van der Waals surface area (Å²) < 4.78 is 5.21. The molecule has 1 aromatic rings. The number of hydrogen-bond donors (Lipinski definition) is 1. The summed E-state index contributed by atoms with van der Waals surface area (Å²) in [6.45, 7) is 2.05. The zero-order chi connectivity index (χ0) is 10.2. The number of ether oxygens (including phenoxy) is 1. The average Bonchev–Trinajstić information content (AvgIpc) is 2.84. The molecule has 0 saturated heterocycles. The van der Waals surface area contributed by atoms with Gasteiger partial charge in [-0.15, -0.1) is 11.8 Å². The minimum Gasteiger partial charge on any atom is -0.496 e. The molecule has 2 rings (SSSR count). The van der Waals surface area contributed by atoms with Crippen molar-refractivity contribution in [1.29, 1.82) is 0 Å². The van der Waals surface area contributed by atoms with Crippen molar-refractivity contribution in [2.24, 2.45) is 5.73 Å². The number of nitrogens with two attached hydrogens (primary N) is 1. The van der Waals surface area contributed by atoms with Gasteiger partial charge in [-0.2, -0.15) is 0 Å². The van der Waals surface area contributed by atoms with E-state index in [9.17, 15) is 0 Å². The van der Waals surface area contributed by atoms with Crippen molar-refractivity contribution in [3.8, 4) is 5.75 Å². The highest BCUT2D eigenvalue weighted by Crippen LogP contribution is 2.47. The molecule has 1 aromatic carbocycles. The summed E-state index contributed by atoms with van der Waals surface area (Å²) in [7, 11) is 1.69. The van der Waals surface area contributed by atoms with Crippen molar-refractivity contribution in [3.05, 3.63) is 23.8 Å². The second-order valence-corrected chi connectivity index (χ2v) is 5.29. The van der Waals surface area contributed by atoms with Crippen molar-refractivity contribution in [2.45, 2.75) is 29.5 Å². The molecule has 2 N–H and O–H groups in total. The van der Waals surface area contributed by atoms with Gasteiger partial charge in [0, 0.05) is 4.90 Å². The predicted octanol–water partition coefficient (Wildman–Crippen LogP) is 2.54. The Hall–Kier alpha value is -0.670. The van der Waals surface area contributed by atoms with Crippen LogP contribution in [0.15, 0.2) is 23.1 Å². The Balaban J connectivity index is 2.15. The molecule has 1 fully saturated rings. The van der Waals surface area contributed by atoms with Crippen LogP contribution >= 0.6 is 11.8 Å². The maximum atomic E-state index is 6.03. The van der Waals surface area contributed by atoms with Crippen LogP contribution in [0.5, 0.6) is 5.75 Å². The summed E-state index contributed by atoms with van der Waals surface area (Å²) in [5, 5.41) is 0. The van der Waals surface area contributed by atoms with Crippen LogP contribution in [0.4, 0.5) is 0 Å². The Morgan fingerprint density at radius 1 is 1.43 bits per heavy atom. The molecule has 3 heteroatoms. The Bertz CT molecular complexity index is 347. The highest BCUT2D eigenvalue weighted by Gasteiger charge is 2.39. The summed E-state index contributed by atoms with van der Waals surface area (Å²) in [6, 6.07) is 6.21. The average molecular weight is 209 g/mol. The molecule has 1 aliphatic rings. The van der Waals surface area contributed by atoms with E-state index < -0.39 is 0 Å². The first-order valence-electron chi connectivity index (χ1n) is 4.75. The van der Waals surface area contributed by atoms with Crippen LogP contribution in [0.25, 0.3) is 0 Å².